The topological polar surface area (TPSA) is 24.9 Å². The van der Waals surface area contributed by atoms with Crippen LogP contribution in [0.5, 0.6) is 0 Å². The van der Waals surface area contributed by atoms with E-state index < -0.39 is 0 Å². The van der Waals surface area contributed by atoms with Gasteiger partial charge in [0.2, 0.25) is 0 Å². The molecular formula is C11H17ClN2. The monoisotopic (exact) mass is 212 g/mol. The van der Waals surface area contributed by atoms with E-state index in [4.69, 9.17) is 11.6 Å². The van der Waals surface area contributed by atoms with Crippen LogP contribution in [0.15, 0.2) is 18.3 Å². The Morgan fingerprint density at radius 2 is 2.36 bits per heavy atom. The van der Waals surface area contributed by atoms with Gasteiger partial charge in [0.1, 0.15) is 5.15 Å². The molecule has 0 aliphatic heterocycles. The maximum absolute atomic E-state index is 5.93. The fraction of sp³-hybridized carbons (Fsp3) is 0.545. The first-order chi connectivity index (χ1) is 6.74. The zero-order chi connectivity index (χ0) is 10.4. The highest BCUT2D eigenvalue weighted by atomic mass is 35.5. The summed E-state index contributed by atoms with van der Waals surface area (Å²) >= 11 is 5.93. The fourth-order valence-corrected chi connectivity index (χ4v) is 1.56. The second-order valence-electron chi connectivity index (χ2n) is 3.52. The predicted octanol–water partition coefficient (Wildman–Crippen LogP) is 3.01. The number of halogens is 1. The Morgan fingerprint density at radius 3 is 3.00 bits per heavy atom. The van der Waals surface area contributed by atoms with Gasteiger partial charge in [-0.3, -0.25) is 0 Å². The van der Waals surface area contributed by atoms with E-state index in [1.807, 2.05) is 12.1 Å². The van der Waals surface area contributed by atoms with E-state index in [0.717, 1.165) is 12.1 Å². The molecule has 0 fully saturated rings. The van der Waals surface area contributed by atoms with Crippen LogP contribution in [-0.4, -0.2) is 11.0 Å². The van der Waals surface area contributed by atoms with Crippen molar-refractivity contribution >= 4 is 11.6 Å². The minimum Gasteiger partial charge on any atom is -0.310 e. The maximum Gasteiger partial charge on any atom is 0.133 e. The molecule has 0 bridgehead atoms. The van der Waals surface area contributed by atoms with Crippen molar-refractivity contribution in [2.75, 3.05) is 0 Å². The molecule has 0 aliphatic carbocycles. The van der Waals surface area contributed by atoms with E-state index in [0.29, 0.717) is 11.2 Å². The number of nitrogens with zero attached hydrogens (tertiary/aromatic N) is 1. The zero-order valence-corrected chi connectivity index (χ0v) is 9.51. The van der Waals surface area contributed by atoms with Gasteiger partial charge in [-0.2, -0.15) is 0 Å². The highest BCUT2D eigenvalue weighted by Gasteiger charge is 2.02. The van der Waals surface area contributed by atoms with Gasteiger partial charge in [0.05, 0.1) is 0 Å². The third kappa shape index (κ3) is 3.64. The first-order valence-electron chi connectivity index (χ1n) is 5.06. The van der Waals surface area contributed by atoms with Gasteiger partial charge in [0.15, 0.2) is 0 Å². The number of aromatic nitrogens is 1. The van der Waals surface area contributed by atoms with Gasteiger partial charge in [0, 0.05) is 24.3 Å². The minimum atomic E-state index is 0.538. The van der Waals surface area contributed by atoms with Crippen LogP contribution in [0.4, 0.5) is 0 Å². The highest BCUT2D eigenvalue weighted by molar-refractivity contribution is 6.30. The molecule has 0 aliphatic rings. The normalized spacial score (nSPS) is 12.8. The molecule has 1 aromatic rings. The lowest BCUT2D eigenvalue weighted by molar-refractivity contribution is 0.508. The summed E-state index contributed by atoms with van der Waals surface area (Å²) in [5.41, 5.74) is 1.07. The largest absolute Gasteiger partial charge is 0.310 e. The average Bonchev–Trinajstić information content (AvgIpc) is 2.17. The molecule has 1 atom stereocenters. The molecule has 0 saturated heterocycles. The zero-order valence-electron chi connectivity index (χ0n) is 8.76. The van der Waals surface area contributed by atoms with Crippen LogP contribution in [-0.2, 0) is 6.54 Å². The molecule has 1 N–H and O–H groups in total. The molecule has 14 heavy (non-hydrogen) atoms. The lowest BCUT2D eigenvalue weighted by Crippen LogP contribution is -2.25. The molecule has 0 saturated carbocycles. The standard InChI is InChI=1S/C11H17ClN2/c1-3-5-9(2)14-8-10-6-4-7-13-11(10)12/h4,6-7,9,14H,3,5,8H2,1-2H3. The van der Waals surface area contributed by atoms with E-state index in [9.17, 15) is 0 Å². The van der Waals surface area contributed by atoms with Gasteiger partial charge >= 0.3 is 0 Å². The molecule has 0 spiro atoms. The third-order valence-corrected chi connectivity index (χ3v) is 2.54. The van der Waals surface area contributed by atoms with Crippen LogP contribution >= 0.6 is 11.6 Å². The Bertz CT molecular complexity index is 276. The summed E-state index contributed by atoms with van der Waals surface area (Å²) in [5.74, 6) is 0. The molecule has 78 valence electrons. The van der Waals surface area contributed by atoms with E-state index in [-0.39, 0.29) is 0 Å². The lowest BCUT2D eigenvalue weighted by atomic mass is 10.2. The number of rotatable bonds is 5. The number of hydrogen-bond acceptors (Lipinski definition) is 2. The molecule has 0 amide bonds. The van der Waals surface area contributed by atoms with Gasteiger partial charge < -0.3 is 5.32 Å². The Kier molecular flexibility index (Phi) is 4.91. The second kappa shape index (κ2) is 5.99. The molecular weight excluding hydrogens is 196 g/mol. The molecule has 1 rings (SSSR count). The number of nitrogens with one attached hydrogen (secondary N) is 1. The first kappa shape index (κ1) is 11.5. The first-order valence-corrected chi connectivity index (χ1v) is 5.44. The summed E-state index contributed by atoms with van der Waals surface area (Å²) < 4.78 is 0. The molecule has 3 heteroatoms. The van der Waals surface area contributed by atoms with Crippen LogP contribution in [0.25, 0.3) is 0 Å². The summed E-state index contributed by atoms with van der Waals surface area (Å²) in [5, 5.41) is 4.02. The van der Waals surface area contributed by atoms with E-state index in [1.165, 1.54) is 12.8 Å². The molecule has 0 aromatic carbocycles. The van der Waals surface area contributed by atoms with Gasteiger partial charge in [0.25, 0.3) is 0 Å². The number of hydrogen-bond donors (Lipinski definition) is 1. The van der Waals surface area contributed by atoms with Crippen molar-refractivity contribution in [1.29, 1.82) is 0 Å². The minimum absolute atomic E-state index is 0.538. The van der Waals surface area contributed by atoms with E-state index in [2.05, 4.69) is 24.1 Å². The summed E-state index contributed by atoms with van der Waals surface area (Å²) in [4.78, 5) is 4.03. The Hall–Kier alpha value is -0.600. The van der Waals surface area contributed by atoms with E-state index >= 15 is 0 Å². The van der Waals surface area contributed by atoms with Gasteiger partial charge in [-0.25, -0.2) is 4.98 Å². The lowest BCUT2D eigenvalue weighted by Gasteiger charge is -2.12. The Balaban J connectivity index is 2.41. The third-order valence-electron chi connectivity index (χ3n) is 2.20. The maximum atomic E-state index is 5.93. The summed E-state index contributed by atoms with van der Waals surface area (Å²) in [6, 6.07) is 4.45. The van der Waals surface area contributed by atoms with Crippen molar-refractivity contribution in [3.8, 4) is 0 Å². The fourth-order valence-electron chi connectivity index (χ4n) is 1.37. The van der Waals surface area contributed by atoms with Crippen molar-refractivity contribution in [3.05, 3.63) is 29.0 Å². The summed E-state index contributed by atoms with van der Waals surface area (Å²) in [6.45, 7) is 5.18. The predicted molar refractivity (Wildman–Crippen MR) is 60.5 cm³/mol. The van der Waals surface area contributed by atoms with Crippen molar-refractivity contribution in [3.63, 3.8) is 0 Å². The quantitative estimate of drug-likeness (QED) is 0.760. The van der Waals surface area contributed by atoms with Crippen LogP contribution < -0.4 is 5.32 Å². The van der Waals surface area contributed by atoms with Crippen molar-refractivity contribution in [1.82, 2.24) is 10.3 Å². The van der Waals surface area contributed by atoms with E-state index in [1.54, 1.807) is 6.20 Å². The second-order valence-corrected chi connectivity index (χ2v) is 3.88. The number of pyridine rings is 1. The summed E-state index contributed by atoms with van der Waals surface area (Å²) in [6.07, 6.45) is 4.11. The molecule has 0 radical (unpaired) electrons. The van der Waals surface area contributed by atoms with Crippen LogP contribution in [0, 0.1) is 0 Å². The van der Waals surface area contributed by atoms with Gasteiger partial charge in [-0.1, -0.05) is 31.0 Å². The summed E-state index contributed by atoms with van der Waals surface area (Å²) in [7, 11) is 0. The molecule has 1 unspecified atom stereocenters. The molecule has 1 heterocycles. The van der Waals surface area contributed by atoms with Crippen molar-refractivity contribution in [2.24, 2.45) is 0 Å². The van der Waals surface area contributed by atoms with Crippen molar-refractivity contribution < 1.29 is 0 Å². The van der Waals surface area contributed by atoms with Crippen molar-refractivity contribution in [2.45, 2.75) is 39.3 Å². The Labute approximate surface area is 90.7 Å². The van der Waals surface area contributed by atoms with Gasteiger partial charge in [-0.15, -0.1) is 0 Å². The van der Waals surface area contributed by atoms with Crippen LogP contribution in [0.2, 0.25) is 5.15 Å². The smallest absolute Gasteiger partial charge is 0.133 e. The van der Waals surface area contributed by atoms with Crippen LogP contribution in [0.1, 0.15) is 32.3 Å². The average molecular weight is 213 g/mol. The highest BCUT2D eigenvalue weighted by Crippen LogP contribution is 2.11. The molecule has 2 nitrogen and oxygen atoms in total. The van der Waals surface area contributed by atoms with Crippen LogP contribution in [0.3, 0.4) is 0 Å². The SMILES string of the molecule is CCCC(C)NCc1cccnc1Cl. The molecule has 1 aromatic heterocycles. The Morgan fingerprint density at radius 1 is 1.57 bits per heavy atom. The van der Waals surface area contributed by atoms with Gasteiger partial charge in [-0.05, 0) is 19.4 Å².